The van der Waals surface area contributed by atoms with E-state index in [-0.39, 0.29) is 30.6 Å². The maximum absolute atomic E-state index is 12.9. The van der Waals surface area contributed by atoms with Gasteiger partial charge in [0, 0.05) is 30.1 Å². The fraction of sp³-hybridized carbons (Fsp3) is 0.304. The van der Waals surface area contributed by atoms with Crippen LogP contribution in [-0.2, 0) is 33.9 Å². The summed E-state index contributed by atoms with van der Waals surface area (Å²) in [5.41, 5.74) is 2.03. The predicted octanol–water partition coefficient (Wildman–Crippen LogP) is 2.35. The van der Waals surface area contributed by atoms with Crippen molar-refractivity contribution < 1.29 is 19.2 Å². The zero-order chi connectivity index (χ0) is 22.2. The molecule has 2 aliphatic rings. The van der Waals surface area contributed by atoms with Crippen LogP contribution in [0.25, 0.3) is 0 Å². The Balaban J connectivity index is 1.41. The van der Waals surface area contributed by atoms with Crippen molar-refractivity contribution in [2.24, 2.45) is 0 Å². The van der Waals surface area contributed by atoms with Crippen LogP contribution in [0.5, 0.6) is 0 Å². The van der Waals surface area contributed by atoms with Crippen LogP contribution in [0.2, 0.25) is 5.02 Å². The molecule has 31 heavy (non-hydrogen) atoms. The van der Waals surface area contributed by atoms with Gasteiger partial charge in [-0.2, -0.15) is 0 Å². The highest BCUT2D eigenvalue weighted by Gasteiger charge is 2.48. The largest absolute Gasteiger partial charge is 0.352 e. The SMILES string of the molecule is CC1(N2Cc3cc(CNC(=O)Cc4ccc(Cl)cc4)ccc3C2=O)CCC(=O)NC1=O. The van der Waals surface area contributed by atoms with Crippen molar-refractivity contribution >= 4 is 35.2 Å². The van der Waals surface area contributed by atoms with Crippen molar-refractivity contribution in [3.63, 3.8) is 0 Å². The Morgan fingerprint density at radius 3 is 2.55 bits per heavy atom. The summed E-state index contributed by atoms with van der Waals surface area (Å²) in [6.07, 6.45) is 0.749. The second kappa shape index (κ2) is 8.15. The van der Waals surface area contributed by atoms with Gasteiger partial charge in [-0.05, 0) is 48.2 Å². The first-order chi connectivity index (χ1) is 14.8. The number of carbonyl (C=O) groups excluding carboxylic acids is 4. The Morgan fingerprint density at radius 1 is 1.13 bits per heavy atom. The van der Waals surface area contributed by atoms with Crippen molar-refractivity contribution in [3.8, 4) is 0 Å². The summed E-state index contributed by atoms with van der Waals surface area (Å²) in [6, 6.07) is 12.5. The molecular weight excluding hydrogens is 418 g/mol. The molecule has 2 aromatic rings. The molecule has 7 nitrogen and oxygen atoms in total. The maximum atomic E-state index is 12.9. The van der Waals surface area contributed by atoms with E-state index in [0.29, 0.717) is 30.1 Å². The van der Waals surface area contributed by atoms with Gasteiger partial charge in [-0.1, -0.05) is 35.9 Å². The van der Waals surface area contributed by atoms with E-state index >= 15 is 0 Å². The van der Waals surface area contributed by atoms with Crippen LogP contribution in [0, 0.1) is 0 Å². The molecule has 1 unspecified atom stereocenters. The van der Waals surface area contributed by atoms with E-state index in [0.717, 1.165) is 16.7 Å². The van der Waals surface area contributed by atoms with Crippen LogP contribution >= 0.6 is 11.6 Å². The van der Waals surface area contributed by atoms with E-state index < -0.39 is 11.4 Å². The van der Waals surface area contributed by atoms with Gasteiger partial charge in [-0.15, -0.1) is 0 Å². The zero-order valence-corrected chi connectivity index (χ0v) is 17.8. The number of nitrogens with zero attached hydrogens (tertiary/aromatic N) is 1. The number of nitrogens with one attached hydrogen (secondary N) is 2. The van der Waals surface area contributed by atoms with Crippen LogP contribution in [0.1, 0.15) is 46.8 Å². The van der Waals surface area contributed by atoms with Gasteiger partial charge >= 0.3 is 0 Å². The van der Waals surface area contributed by atoms with Crippen molar-refractivity contribution in [1.29, 1.82) is 0 Å². The molecular formula is C23H22ClN3O4. The molecule has 0 bridgehead atoms. The molecule has 4 amide bonds. The van der Waals surface area contributed by atoms with Gasteiger partial charge in [0.1, 0.15) is 5.54 Å². The molecule has 0 aliphatic carbocycles. The molecule has 2 heterocycles. The molecule has 1 atom stereocenters. The summed E-state index contributed by atoms with van der Waals surface area (Å²) >= 11 is 5.86. The van der Waals surface area contributed by atoms with E-state index in [1.807, 2.05) is 18.2 Å². The molecule has 2 aromatic carbocycles. The second-order valence-corrected chi connectivity index (χ2v) is 8.55. The Labute approximate surface area is 184 Å². The Hall–Kier alpha value is -3.19. The van der Waals surface area contributed by atoms with Crippen LogP contribution in [0.3, 0.4) is 0 Å². The molecule has 4 rings (SSSR count). The lowest BCUT2D eigenvalue weighted by Gasteiger charge is -2.39. The van der Waals surface area contributed by atoms with Crippen LogP contribution in [0.15, 0.2) is 42.5 Å². The summed E-state index contributed by atoms with van der Waals surface area (Å²) < 4.78 is 0. The van der Waals surface area contributed by atoms with Gasteiger partial charge in [0.2, 0.25) is 11.8 Å². The molecule has 1 saturated heterocycles. The minimum absolute atomic E-state index is 0.114. The van der Waals surface area contributed by atoms with Gasteiger partial charge in [-0.3, -0.25) is 24.5 Å². The number of fused-ring (bicyclic) bond motifs is 1. The fourth-order valence-corrected chi connectivity index (χ4v) is 4.11. The average Bonchev–Trinajstić information content (AvgIpc) is 3.08. The number of hydrogen-bond donors (Lipinski definition) is 2. The van der Waals surface area contributed by atoms with Gasteiger partial charge < -0.3 is 10.2 Å². The predicted molar refractivity (Wildman–Crippen MR) is 114 cm³/mol. The van der Waals surface area contributed by atoms with Crippen molar-refractivity contribution in [3.05, 3.63) is 69.7 Å². The first-order valence-electron chi connectivity index (χ1n) is 10.1. The number of carbonyl (C=O) groups is 4. The lowest BCUT2D eigenvalue weighted by Crippen LogP contribution is -2.61. The number of rotatable bonds is 5. The van der Waals surface area contributed by atoms with Crippen molar-refractivity contribution in [1.82, 2.24) is 15.5 Å². The van der Waals surface area contributed by atoms with E-state index in [2.05, 4.69) is 10.6 Å². The number of hydrogen-bond acceptors (Lipinski definition) is 4. The highest BCUT2D eigenvalue weighted by molar-refractivity contribution is 6.30. The fourth-order valence-electron chi connectivity index (χ4n) is 3.99. The topological polar surface area (TPSA) is 95.6 Å². The van der Waals surface area contributed by atoms with Gasteiger partial charge in [0.15, 0.2) is 0 Å². The Kier molecular flexibility index (Phi) is 5.54. The third kappa shape index (κ3) is 4.18. The number of amides is 4. The number of piperidine rings is 1. The first kappa shape index (κ1) is 21.1. The normalized spacial score (nSPS) is 20.5. The van der Waals surface area contributed by atoms with Crippen LogP contribution < -0.4 is 10.6 Å². The van der Waals surface area contributed by atoms with Gasteiger partial charge in [-0.25, -0.2) is 0 Å². The smallest absolute Gasteiger partial charge is 0.255 e. The summed E-state index contributed by atoms with van der Waals surface area (Å²) in [7, 11) is 0. The molecule has 2 aliphatic heterocycles. The first-order valence-corrected chi connectivity index (χ1v) is 10.4. The molecule has 160 valence electrons. The number of imide groups is 1. The summed E-state index contributed by atoms with van der Waals surface area (Å²) in [4.78, 5) is 50.6. The maximum Gasteiger partial charge on any atom is 0.255 e. The van der Waals surface area contributed by atoms with Gasteiger partial charge in [0.05, 0.1) is 6.42 Å². The summed E-state index contributed by atoms with van der Waals surface area (Å²) in [5.74, 6) is -1.10. The third-order valence-corrected chi connectivity index (χ3v) is 6.17. The highest BCUT2D eigenvalue weighted by Crippen LogP contribution is 2.34. The monoisotopic (exact) mass is 439 g/mol. The van der Waals surface area contributed by atoms with E-state index in [9.17, 15) is 19.2 Å². The highest BCUT2D eigenvalue weighted by atomic mass is 35.5. The lowest BCUT2D eigenvalue weighted by molar-refractivity contribution is -0.142. The minimum Gasteiger partial charge on any atom is -0.352 e. The second-order valence-electron chi connectivity index (χ2n) is 8.11. The van der Waals surface area contributed by atoms with Crippen LogP contribution in [-0.4, -0.2) is 34.1 Å². The molecule has 0 saturated carbocycles. The van der Waals surface area contributed by atoms with E-state index in [1.165, 1.54) is 4.90 Å². The molecule has 1 fully saturated rings. The molecule has 2 N–H and O–H groups in total. The van der Waals surface area contributed by atoms with E-state index in [1.54, 1.807) is 31.2 Å². The summed E-state index contributed by atoms with van der Waals surface area (Å²) in [5, 5.41) is 5.84. The molecule has 0 aromatic heterocycles. The standard InChI is InChI=1S/C23H22ClN3O4/c1-23(9-8-19(28)26-22(23)31)27-13-16-10-15(4-7-18(16)21(27)30)12-25-20(29)11-14-2-5-17(24)6-3-14/h2-7,10H,8-9,11-13H2,1H3,(H,25,29)(H,26,28,31). The quantitative estimate of drug-likeness (QED) is 0.699. The number of benzene rings is 2. The van der Waals surface area contributed by atoms with Crippen molar-refractivity contribution in [2.75, 3.05) is 0 Å². The van der Waals surface area contributed by atoms with Gasteiger partial charge in [0.25, 0.3) is 11.8 Å². The zero-order valence-electron chi connectivity index (χ0n) is 17.0. The Bertz CT molecular complexity index is 1080. The van der Waals surface area contributed by atoms with Crippen molar-refractivity contribution in [2.45, 2.75) is 44.8 Å². The average molecular weight is 440 g/mol. The molecule has 0 radical (unpaired) electrons. The molecule has 0 spiro atoms. The van der Waals surface area contributed by atoms with Crippen LogP contribution in [0.4, 0.5) is 0 Å². The summed E-state index contributed by atoms with van der Waals surface area (Å²) in [6.45, 7) is 2.31. The lowest BCUT2D eigenvalue weighted by atomic mass is 9.89. The number of halogens is 1. The minimum atomic E-state index is -1.06. The van der Waals surface area contributed by atoms with E-state index in [4.69, 9.17) is 11.6 Å². The third-order valence-electron chi connectivity index (χ3n) is 5.92. The Morgan fingerprint density at radius 2 is 1.84 bits per heavy atom. The molecule has 8 heteroatoms.